The molecule has 136 valence electrons. The highest BCUT2D eigenvalue weighted by molar-refractivity contribution is 6.32. The molecule has 0 aliphatic rings. The van der Waals surface area contributed by atoms with Crippen molar-refractivity contribution in [3.8, 4) is 5.75 Å². The summed E-state index contributed by atoms with van der Waals surface area (Å²) in [5.74, 6) is -2.93. The van der Waals surface area contributed by atoms with Gasteiger partial charge in [-0.05, 0) is 24.6 Å². The summed E-state index contributed by atoms with van der Waals surface area (Å²) in [5, 5.41) is 18.7. The van der Waals surface area contributed by atoms with Crippen molar-refractivity contribution in [2.75, 3.05) is 26.4 Å². The maximum atomic E-state index is 9.10. The number of aryl methyl sites for hydroxylation is 1. The van der Waals surface area contributed by atoms with Crippen LogP contribution in [0.15, 0.2) is 18.2 Å². The highest BCUT2D eigenvalue weighted by Crippen LogP contribution is 2.24. The summed E-state index contributed by atoms with van der Waals surface area (Å²) in [6, 6.07) is 6.24. The third-order valence-corrected chi connectivity index (χ3v) is 2.87. The molecule has 0 atom stereocenters. The summed E-state index contributed by atoms with van der Waals surface area (Å²) in [5.41, 5.74) is 1.14. The molecular weight excluding hydrogens is 338 g/mol. The van der Waals surface area contributed by atoms with Gasteiger partial charge in [-0.1, -0.05) is 31.5 Å². The largest absolute Gasteiger partial charge is 0.490 e. The summed E-state index contributed by atoms with van der Waals surface area (Å²) in [6.45, 7) is 8.89. The third kappa shape index (κ3) is 11.7. The lowest BCUT2D eigenvalue weighted by molar-refractivity contribution is -0.159. The summed E-state index contributed by atoms with van der Waals surface area (Å²) < 4.78 is 11.0. The maximum Gasteiger partial charge on any atom is 0.414 e. The van der Waals surface area contributed by atoms with Crippen LogP contribution in [0.5, 0.6) is 5.75 Å². The summed E-state index contributed by atoms with van der Waals surface area (Å²) >= 11 is 6.02. The second-order valence-electron chi connectivity index (χ2n) is 5.11. The Kier molecular flexibility index (Phi) is 11.6. The van der Waals surface area contributed by atoms with Gasteiger partial charge in [-0.2, -0.15) is 0 Å². The highest BCUT2D eigenvalue weighted by Gasteiger charge is 2.04. The first kappa shape index (κ1) is 22.2. The fraction of sp³-hybridized carbons (Fsp3) is 0.500. The molecule has 1 rings (SSSR count). The number of nitrogens with one attached hydrogen (secondary N) is 1. The first-order valence-electron chi connectivity index (χ1n) is 7.40. The van der Waals surface area contributed by atoms with E-state index in [1.807, 2.05) is 25.1 Å². The molecular formula is C16H24ClNO6. The van der Waals surface area contributed by atoms with Crippen LogP contribution in [-0.2, 0) is 14.3 Å². The van der Waals surface area contributed by atoms with E-state index in [-0.39, 0.29) is 0 Å². The molecule has 0 fully saturated rings. The molecule has 7 nitrogen and oxygen atoms in total. The Morgan fingerprint density at radius 1 is 1.17 bits per heavy atom. The number of hydrogen-bond donors (Lipinski definition) is 3. The van der Waals surface area contributed by atoms with Crippen LogP contribution >= 0.6 is 11.6 Å². The zero-order chi connectivity index (χ0) is 18.5. The van der Waals surface area contributed by atoms with E-state index in [4.69, 9.17) is 40.9 Å². The second kappa shape index (κ2) is 12.6. The smallest absolute Gasteiger partial charge is 0.414 e. The molecule has 0 aliphatic carbocycles. The number of carbonyl (C=O) groups is 2. The lowest BCUT2D eigenvalue weighted by Crippen LogP contribution is -2.27. The number of aliphatic carboxylic acids is 2. The van der Waals surface area contributed by atoms with Crippen molar-refractivity contribution >= 4 is 23.5 Å². The van der Waals surface area contributed by atoms with Crippen LogP contribution in [0, 0.1) is 6.92 Å². The molecule has 0 heterocycles. The van der Waals surface area contributed by atoms with Gasteiger partial charge in [0.05, 0.1) is 18.2 Å². The van der Waals surface area contributed by atoms with Crippen molar-refractivity contribution in [3.05, 3.63) is 28.8 Å². The van der Waals surface area contributed by atoms with Crippen molar-refractivity contribution in [1.82, 2.24) is 5.32 Å². The van der Waals surface area contributed by atoms with Gasteiger partial charge in [-0.25, -0.2) is 9.59 Å². The molecule has 0 aliphatic heterocycles. The number of benzene rings is 1. The second-order valence-corrected chi connectivity index (χ2v) is 5.52. The van der Waals surface area contributed by atoms with Crippen molar-refractivity contribution in [2.24, 2.45) is 0 Å². The standard InChI is InChI=1S/C14H22ClNO2.C2H2O4/c1-11(2)16-6-7-17-8-9-18-14-10-12(3)4-5-13(14)15;3-1(4)2(5)6/h4-5,10-11,16H,6-9H2,1-3H3;(H,3,4)(H,5,6). The fourth-order valence-corrected chi connectivity index (χ4v) is 1.63. The first-order valence-corrected chi connectivity index (χ1v) is 7.78. The Labute approximate surface area is 146 Å². The van der Waals surface area contributed by atoms with Gasteiger partial charge in [-0.3, -0.25) is 0 Å². The molecule has 0 aromatic heterocycles. The van der Waals surface area contributed by atoms with Crippen LogP contribution in [-0.4, -0.2) is 54.6 Å². The van der Waals surface area contributed by atoms with Gasteiger partial charge < -0.3 is 25.0 Å². The summed E-state index contributed by atoms with van der Waals surface area (Å²) in [4.78, 5) is 18.2. The zero-order valence-corrected chi connectivity index (χ0v) is 14.8. The van der Waals surface area contributed by atoms with E-state index in [1.165, 1.54) is 0 Å². The molecule has 1 aromatic carbocycles. The minimum absolute atomic E-state index is 0.496. The topological polar surface area (TPSA) is 105 Å². The lowest BCUT2D eigenvalue weighted by atomic mass is 10.2. The SMILES string of the molecule is Cc1ccc(Cl)c(OCCOCCNC(C)C)c1.O=C(O)C(=O)O. The van der Waals surface area contributed by atoms with Crippen LogP contribution in [0.4, 0.5) is 0 Å². The predicted octanol–water partition coefficient (Wildman–Crippen LogP) is 2.20. The van der Waals surface area contributed by atoms with Crippen LogP contribution in [0.3, 0.4) is 0 Å². The Morgan fingerprint density at radius 2 is 1.79 bits per heavy atom. The number of rotatable bonds is 8. The first-order chi connectivity index (χ1) is 11.2. The van der Waals surface area contributed by atoms with E-state index in [2.05, 4.69) is 19.2 Å². The van der Waals surface area contributed by atoms with E-state index in [0.717, 1.165) is 17.9 Å². The summed E-state index contributed by atoms with van der Waals surface area (Å²) in [6.07, 6.45) is 0. The van der Waals surface area contributed by atoms with Crippen LogP contribution in [0.1, 0.15) is 19.4 Å². The minimum atomic E-state index is -1.82. The number of halogens is 1. The van der Waals surface area contributed by atoms with E-state index in [9.17, 15) is 0 Å². The Morgan fingerprint density at radius 3 is 2.33 bits per heavy atom. The zero-order valence-electron chi connectivity index (χ0n) is 14.0. The highest BCUT2D eigenvalue weighted by atomic mass is 35.5. The molecule has 1 aromatic rings. The number of carboxylic acid groups (broad SMARTS) is 2. The average molecular weight is 362 g/mol. The number of ether oxygens (including phenoxy) is 2. The van der Waals surface area contributed by atoms with Gasteiger partial charge >= 0.3 is 11.9 Å². The molecule has 0 saturated carbocycles. The Hall–Kier alpha value is -1.83. The molecule has 3 N–H and O–H groups in total. The van der Waals surface area contributed by atoms with Crippen molar-refractivity contribution < 1.29 is 29.3 Å². The third-order valence-electron chi connectivity index (χ3n) is 2.55. The quantitative estimate of drug-likeness (QED) is 0.481. The van der Waals surface area contributed by atoms with E-state index >= 15 is 0 Å². The fourth-order valence-electron chi connectivity index (χ4n) is 1.45. The Balaban J connectivity index is 0.000000754. The lowest BCUT2D eigenvalue weighted by Gasteiger charge is -2.10. The number of carboxylic acids is 2. The van der Waals surface area contributed by atoms with Gasteiger partial charge in [0.1, 0.15) is 12.4 Å². The van der Waals surface area contributed by atoms with Crippen LogP contribution in [0.2, 0.25) is 5.02 Å². The summed E-state index contributed by atoms with van der Waals surface area (Å²) in [7, 11) is 0. The van der Waals surface area contributed by atoms with E-state index < -0.39 is 11.9 Å². The molecule has 0 radical (unpaired) electrons. The molecule has 0 spiro atoms. The van der Waals surface area contributed by atoms with Crippen LogP contribution < -0.4 is 10.1 Å². The Bertz CT molecular complexity index is 509. The average Bonchev–Trinajstić information content (AvgIpc) is 2.49. The molecule has 8 heteroatoms. The minimum Gasteiger partial charge on any atom is -0.490 e. The molecule has 0 amide bonds. The van der Waals surface area contributed by atoms with Crippen molar-refractivity contribution in [2.45, 2.75) is 26.8 Å². The predicted molar refractivity (Wildman–Crippen MR) is 90.9 cm³/mol. The normalized spacial score (nSPS) is 10.0. The molecule has 0 bridgehead atoms. The van der Waals surface area contributed by atoms with Gasteiger partial charge in [0, 0.05) is 12.6 Å². The van der Waals surface area contributed by atoms with Crippen LogP contribution in [0.25, 0.3) is 0 Å². The van der Waals surface area contributed by atoms with Gasteiger partial charge in [0.25, 0.3) is 0 Å². The van der Waals surface area contributed by atoms with Gasteiger partial charge in [-0.15, -0.1) is 0 Å². The molecule has 0 unspecified atom stereocenters. The van der Waals surface area contributed by atoms with Gasteiger partial charge in [0.15, 0.2) is 0 Å². The van der Waals surface area contributed by atoms with E-state index in [1.54, 1.807) is 0 Å². The molecule has 24 heavy (non-hydrogen) atoms. The van der Waals surface area contributed by atoms with E-state index in [0.29, 0.717) is 30.9 Å². The maximum absolute atomic E-state index is 9.10. The monoisotopic (exact) mass is 361 g/mol. The van der Waals surface area contributed by atoms with Gasteiger partial charge in [0.2, 0.25) is 0 Å². The molecule has 0 saturated heterocycles. The van der Waals surface area contributed by atoms with Crippen molar-refractivity contribution in [3.63, 3.8) is 0 Å². The van der Waals surface area contributed by atoms with Crippen molar-refractivity contribution in [1.29, 1.82) is 0 Å². The number of hydrogen-bond acceptors (Lipinski definition) is 5.